The van der Waals surface area contributed by atoms with Gasteiger partial charge >= 0.3 is 0 Å². The van der Waals surface area contributed by atoms with Gasteiger partial charge in [0.1, 0.15) is 11.2 Å². The van der Waals surface area contributed by atoms with Crippen molar-refractivity contribution < 1.29 is 4.42 Å². The number of benzene rings is 8. The highest BCUT2D eigenvalue weighted by Gasteiger charge is 2.19. The Kier molecular flexibility index (Phi) is 7.42. The van der Waals surface area contributed by atoms with E-state index in [4.69, 9.17) is 19.4 Å². The highest BCUT2D eigenvalue weighted by Crippen LogP contribution is 2.39. The number of nitrogens with zero attached hydrogens (tertiary/aromatic N) is 4. The van der Waals surface area contributed by atoms with Crippen molar-refractivity contribution in [1.29, 1.82) is 0 Å². The Morgan fingerprint density at radius 2 is 0.893 bits per heavy atom. The minimum Gasteiger partial charge on any atom is -0.456 e. The second kappa shape index (κ2) is 13.0. The van der Waals surface area contributed by atoms with Gasteiger partial charge in [-0.1, -0.05) is 146 Å². The predicted octanol–water partition coefficient (Wildman–Crippen LogP) is 13.2. The summed E-state index contributed by atoms with van der Waals surface area (Å²) in [4.78, 5) is 15.3. The number of hydrogen-bond donors (Lipinski definition) is 0. The topological polar surface area (TPSA) is 56.7 Å². The monoisotopic (exact) mass is 716 g/mol. The molecule has 0 aliphatic heterocycles. The molecular weight excluding hydrogens is 685 g/mol. The predicted molar refractivity (Wildman–Crippen MR) is 229 cm³/mol. The van der Waals surface area contributed by atoms with Crippen LogP contribution in [0.25, 0.3) is 106 Å². The first kappa shape index (κ1) is 31.9. The number of fused-ring (bicyclic) bond motifs is 6. The lowest BCUT2D eigenvalue weighted by molar-refractivity contribution is 0.669. The van der Waals surface area contributed by atoms with E-state index in [9.17, 15) is 0 Å². The molecular formula is C51H32N4O. The average molecular weight is 717 g/mol. The van der Waals surface area contributed by atoms with E-state index in [1.165, 1.54) is 21.8 Å². The molecule has 262 valence electrons. The molecule has 0 fully saturated rings. The largest absolute Gasteiger partial charge is 0.456 e. The Morgan fingerprint density at radius 1 is 0.339 bits per heavy atom. The fraction of sp³-hybridized carbons (Fsp3) is 0. The summed E-state index contributed by atoms with van der Waals surface area (Å²) in [7, 11) is 0. The Labute approximate surface area is 322 Å². The van der Waals surface area contributed by atoms with Gasteiger partial charge < -0.3 is 8.98 Å². The number of furan rings is 1. The van der Waals surface area contributed by atoms with E-state index in [1.807, 2.05) is 48.5 Å². The average Bonchev–Trinajstić information content (AvgIpc) is 3.82. The molecule has 0 aliphatic rings. The van der Waals surface area contributed by atoms with Gasteiger partial charge in [-0.2, -0.15) is 0 Å². The molecule has 0 saturated carbocycles. The van der Waals surface area contributed by atoms with Gasteiger partial charge in [0.25, 0.3) is 0 Å². The van der Waals surface area contributed by atoms with Gasteiger partial charge in [-0.15, -0.1) is 0 Å². The Bertz CT molecular complexity index is 3200. The molecule has 11 rings (SSSR count). The van der Waals surface area contributed by atoms with E-state index in [0.29, 0.717) is 17.5 Å². The van der Waals surface area contributed by atoms with Crippen molar-refractivity contribution in [1.82, 2.24) is 19.5 Å². The third kappa shape index (κ3) is 5.37. The molecule has 3 heterocycles. The third-order valence-electron chi connectivity index (χ3n) is 10.7. The zero-order valence-corrected chi connectivity index (χ0v) is 30.2. The summed E-state index contributed by atoms with van der Waals surface area (Å²) in [6.45, 7) is 0. The zero-order valence-electron chi connectivity index (χ0n) is 30.2. The summed E-state index contributed by atoms with van der Waals surface area (Å²) in [6.07, 6.45) is 0. The summed E-state index contributed by atoms with van der Waals surface area (Å²) >= 11 is 0. The van der Waals surface area contributed by atoms with Crippen LogP contribution in [0.2, 0.25) is 0 Å². The molecule has 0 radical (unpaired) electrons. The standard InChI is InChI=1S/C51H32N4O/c1-3-14-33(15-4-1)35-18-11-20-38(30-35)50-52-49(34-16-5-2-6-17-34)53-51(54-50)43-24-13-27-46-48(43)42-29-28-37(32-47(42)56-46)36-19-12-21-39(31-36)55-44-25-9-7-22-40(44)41-23-8-10-26-45(41)55/h1-32H. The molecule has 0 atom stereocenters. The van der Waals surface area contributed by atoms with Crippen LogP contribution in [0.1, 0.15) is 0 Å². The fourth-order valence-electron chi connectivity index (χ4n) is 8.03. The highest BCUT2D eigenvalue weighted by atomic mass is 16.3. The first-order valence-corrected chi connectivity index (χ1v) is 18.8. The SMILES string of the molecule is c1ccc(-c2cccc(-c3nc(-c4ccccc4)nc(-c4cccc5oc6cc(-c7cccc(-n8c9ccccc9c9ccccc98)c7)ccc6c45)n3)c2)cc1. The minimum absolute atomic E-state index is 0.593. The molecule has 5 nitrogen and oxygen atoms in total. The summed E-state index contributed by atoms with van der Waals surface area (Å²) in [6, 6.07) is 67.4. The first-order chi connectivity index (χ1) is 27.7. The van der Waals surface area contributed by atoms with Crippen LogP contribution in [0.15, 0.2) is 199 Å². The normalized spacial score (nSPS) is 11.6. The molecule has 5 heteroatoms. The van der Waals surface area contributed by atoms with E-state index in [0.717, 1.165) is 66.6 Å². The highest BCUT2D eigenvalue weighted by molar-refractivity contribution is 6.13. The number of aromatic nitrogens is 4. The second-order valence-electron chi connectivity index (χ2n) is 14.0. The molecule has 3 aromatic heterocycles. The van der Waals surface area contributed by atoms with E-state index in [1.54, 1.807) is 0 Å². The lowest BCUT2D eigenvalue weighted by Gasteiger charge is -2.11. The van der Waals surface area contributed by atoms with Gasteiger partial charge in [0.15, 0.2) is 17.5 Å². The molecule has 56 heavy (non-hydrogen) atoms. The first-order valence-electron chi connectivity index (χ1n) is 18.8. The quantitative estimate of drug-likeness (QED) is 0.172. The van der Waals surface area contributed by atoms with Crippen LogP contribution < -0.4 is 0 Å². The van der Waals surface area contributed by atoms with Crippen molar-refractivity contribution in [2.75, 3.05) is 0 Å². The van der Waals surface area contributed by atoms with Gasteiger partial charge in [0.05, 0.1) is 11.0 Å². The summed E-state index contributed by atoms with van der Waals surface area (Å²) in [5.41, 5.74) is 12.2. The van der Waals surface area contributed by atoms with Crippen LogP contribution >= 0.6 is 0 Å². The molecule has 0 aliphatic carbocycles. The molecule has 0 saturated heterocycles. The van der Waals surface area contributed by atoms with Crippen LogP contribution in [0.3, 0.4) is 0 Å². The maximum absolute atomic E-state index is 6.61. The van der Waals surface area contributed by atoms with E-state index < -0.39 is 0 Å². The zero-order chi connectivity index (χ0) is 37.0. The summed E-state index contributed by atoms with van der Waals surface area (Å²) in [5, 5.41) is 4.47. The summed E-state index contributed by atoms with van der Waals surface area (Å²) in [5.74, 6) is 1.82. The van der Waals surface area contributed by atoms with Crippen LogP contribution in [-0.4, -0.2) is 19.5 Å². The number of hydrogen-bond acceptors (Lipinski definition) is 4. The van der Waals surface area contributed by atoms with Gasteiger partial charge in [-0.3, -0.25) is 0 Å². The molecule has 0 unspecified atom stereocenters. The number of rotatable bonds is 6. The maximum atomic E-state index is 6.61. The van der Waals surface area contributed by atoms with Crippen LogP contribution in [0.4, 0.5) is 0 Å². The van der Waals surface area contributed by atoms with Crippen molar-refractivity contribution in [3.63, 3.8) is 0 Å². The van der Waals surface area contributed by atoms with Crippen molar-refractivity contribution in [2.45, 2.75) is 0 Å². The molecule has 11 aromatic rings. The lowest BCUT2D eigenvalue weighted by atomic mass is 10.0. The lowest BCUT2D eigenvalue weighted by Crippen LogP contribution is -2.00. The van der Waals surface area contributed by atoms with Gasteiger partial charge in [0.2, 0.25) is 0 Å². The molecule has 8 aromatic carbocycles. The van der Waals surface area contributed by atoms with E-state index >= 15 is 0 Å². The minimum atomic E-state index is 0.593. The smallest absolute Gasteiger partial charge is 0.164 e. The van der Waals surface area contributed by atoms with Gasteiger partial charge in [0, 0.05) is 43.9 Å². The van der Waals surface area contributed by atoms with Crippen molar-refractivity contribution in [3.05, 3.63) is 194 Å². The van der Waals surface area contributed by atoms with Crippen molar-refractivity contribution in [3.8, 4) is 62.1 Å². The van der Waals surface area contributed by atoms with Gasteiger partial charge in [-0.25, -0.2) is 15.0 Å². The third-order valence-corrected chi connectivity index (χ3v) is 10.7. The summed E-state index contributed by atoms with van der Waals surface area (Å²) < 4.78 is 8.96. The second-order valence-corrected chi connectivity index (χ2v) is 14.0. The van der Waals surface area contributed by atoms with Gasteiger partial charge in [-0.05, 0) is 70.8 Å². The van der Waals surface area contributed by atoms with Crippen molar-refractivity contribution in [2.24, 2.45) is 0 Å². The molecule has 0 amide bonds. The Morgan fingerprint density at radius 3 is 1.64 bits per heavy atom. The van der Waals surface area contributed by atoms with E-state index in [2.05, 4.69) is 150 Å². The van der Waals surface area contributed by atoms with Crippen LogP contribution in [0, 0.1) is 0 Å². The van der Waals surface area contributed by atoms with Crippen molar-refractivity contribution >= 4 is 43.7 Å². The molecule has 0 N–H and O–H groups in total. The van der Waals surface area contributed by atoms with Crippen LogP contribution in [0.5, 0.6) is 0 Å². The maximum Gasteiger partial charge on any atom is 0.164 e. The Balaban J connectivity index is 1.04. The number of para-hydroxylation sites is 2. The molecule has 0 spiro atoms. The molecule has 0 bridgehead atoms. The van der Waals surface area contributed by atoms with Crippen LogP contribution in [-0.2, 0) is 0 Å². The fourth-order valence-corrected chi connectivity index (χ4v) is 8.03. The Hall–Kier alpha value is -7.63. The van der Waals surface area contributed by atoms with E-state index in [-0.39, 0.29) is 0 Å².